The summed E-state index contributed by atoms with van der Waals surface area (Å²) in [5.41, 5.74) is 6.96. The third kappa shape index (κ3) is 3.54. The van der Waals surface area contributed by atoms with E-state index in [1.807, 2.05) is 6.07 Å². The molecule has 0 unspecified atom stereocenters. The zero-order valence-corrected chi connectivity index (χ0v) is 12.6. The maximum Gasteiger partial charge on any atom is 0.229 e. The minimum atomic E-state index is 0.0455. The van der Waals surface area contributed by atoms with Crippen LogP contribution in [0.1, 0.15) is 38.2 Å². The van der Waals surface area contributed by atoms with Crippen molar-refractivity contribution in [1.29, 1.82) is 0 Å². The Kier molecular flexibility index (Phi) is 4.83. The van der Waals surface area contributed by atoms with E-state index in [4.69, 9.17) is 10.9 Å². The fraction of sp³-hybridized carbons (Fsp3) is 0.500. The zero-order chi connectivity index (χ0) is 15.4. The molecule has 1 aromatic rings. The van der Waals surface area contributed by atoms with Gasteiger partial charge in [-0.1, -0.05) is 24.2 Å². The number of rotatable bonds is 3. The Bertz CT molecular complexity index is 534. The fourth-order valence-electron chi connectivity index (χ4n) is 2.84. The topological polar surface area (TPSA) is 78.9 Å². The summed E-state index contributed by atoms with van der Waals surface area (Å²) >= 11 is 0. The number of carbonyl (C=O) groups is 1. The highest BCUT2D eigenvalue weighted by Gasteiger charge is 2.27. The number of carbonyl (C=O) groups excluding carboxylic acids is 1. The van der Waals surface area contributed by atoms with Crippen molar-refractivity contribution in [2.75, 3.05) is 11.9 Å². The normalized spacial score (nSPS) is 22.9. The lowest BCUT2D eigenvalue weighted by Crippen LogP contribution is -2.35. The summed E-state index contributed by atoms with van der Waals surface area (Å²) in [6, 6.07) is 7.17. The van der Waals surface area contributed by atoms with E-state index in [2.05, 4.69) is 12.1 Å². The van der Waals surface area contributed by atoms with Crippen LogP contribution in [0.5, 0.6) is 0 Å². The molecule has 3 N–H and O–H groups in total. The van der Waals surface area contributed by atoms with E-state index >= 15 is 0 Å². The maximum atomic E-state index is 12.6. The average Bonchev–Trinajstić information content (AvgIpc) is 2.53. The molecular weight excluding hydrogens is 266 g/mol. The largest absolute Gasteiger partial charge is 0.409 e. The Morgan fingerprint density at radius 2 is 2.00 bits per heavy atom. The predicted molar refractivity (Wildman–Crippen MR) is 83.5 cm³/mol. The number of anilines is 1. The van der Waals surface area contributed by atoms with E-state index in [9.17, 15) is 4.79 Å². The van der Waals surface area contributed by atoms with Gasteiger partial charge in [0.1, 0.15) is 0 Å². The van der Waals surface area contributed by atoms with Crippen LogP contribution in [0.2, 0.25) is 0 Å². The molecule has 1 fully saturated rings. The highest BCUT2D eigenvalue weighted by Crippen LogP contribution is 2.30. The molecule has 0 radical (unpaired) electrons. The molecule has 1 aliphatic carbocycles. The van der Waals surface area contributed by atoms with Gasteiger partial charge in [-0.25, -0.2) is 0 Å². The summed E-state index contributed by atoms with van der Waals surface area (Å²) in [5, 5.41) is 11.7. The third-order valence-electron chi connectivity index (χ3n) is 4.33. The minimum absolute atomic E-state index is 0.0455. The van der Waals surface area contributed by atoms with Crippen LogP contribution in [0.25, 0.3) is 0 Å². The second-order valence-corrected chi connectivity index (χ2v) is 5.89. The van der Waals surface area contributed by atoms with Crippen molar-refractivity contribution < 1.29 is 10.0 Å². The number of amidine groups is 1. The molecule has 1 aromatic carbocycles. The first-order valence-electron chi connectivity index (χ1n) is 7.38. The molecule has 5 nitrogen and oxygen atoms in total. The van der Waals surface area contributed by atoms with E-state index in [1.165, 1.54) is 0 Å². The predicted octanol–water partition coefficient (Wildman–Crippen LogP) is 2.57. The van der Waals surface area contributed by atoms with Crippen LogP contribution in [0.4, 0.5) is 5.69 Å². The van der Waals surface area contributed by atoms with Gasteiger partial charge < -0.3 is 15.8 Å². The Labute approximate surface area is 125 Å². The summed E-state index contributed by atoms with van der Waals surface area (Å²) in [6.45, 7) is 2.24. The van der Waals surface area contributed by atoms with Gasteiger partial charge in [-0.05, 0) is 43.7 Å². The van der Waals surface area contributed by atoms with Crippen LogP contribution in [-0.4, -0.2) is 24.0 Å². The number of oxime groups is 1. The Hall–Kier alpha value is -2.04. The minimum Gasteiger partial charge on any atom is -0.409 e. The van der Waals surface area contributed by atoms with Crippen molar-refractivity contribution in [3.8, 4) is 0 Å². The van der Waals surface area contributed by atoms with Gasteiger partial charge in [0.25, 0.3) is 0 Å². The maximum absolute atomic E-state index is 12.6. The van der Waals surface area contributed by atoms with Crippen LogP contribution >= 0.6 is 0 Å². The van der Waals surface area contributed by atoms with Crippen LogP contribution < -0.4 is 10.6 Å². The first-order valence-corrected chi connectivity index (χ1v) is 7.38. The van der Waals surface area contributed by atoms with Gasteiger partial charge in [0.2, 0.25) is 5.91 Å². The van der Waals surface area contributed by atoms with Gasteiger partial charge in [-0.15, -0.1) is 0 Å². The van der Waals surface area contributed by atoms with Gasteiger partial charge in [0.05, 0.1) is 0 Å². The van der Waals surface area contributed by atoms with Crippen LogP contribution in [0, 0.1) is 11.8 Å². The van der Waals surface area contributed by atoms with Crippen molar-refractivity contribution in [1.82, 2.24) is 0 Å². The van der Waals surface area contributed by atoms with Gasteiger partial charge in [-0.3, -0.25) is 4.79 Å². The molecule has 0 heterocycles. The van der Waals surface area contributed by atoms with E-state index < -0.39 is 0 Å². The average molecular weight is 289 g/mol. The summed E-state index contributed by atoms with van der Waals surface area (Å²) in [6.07, 6.45) is 4.16. The molecule has 1 amide bonds. The molecule has 2 rings (SSSR count). The van der Waals surface area contributed by atoms with Gasteiger partial charge in [0.15, 0.2) is 5.84 Å². The van der Waals surface area contributed by atoms with Crippen molar-refractivity contribution in [2.45, 2.75) is 32.6 Å². The van der Waals surface area contributed by atoms with E-state index in [-0.39, 0.29) is 17.7 Å². The molecule has 0 atom stereocenters. The van der Waals surface area contributed by atoms with Crippen LogP contribution in [0.15, 0.2) is 29.4 Å². The molecule has 21 heavy (non-hydrogen) atoms. The Morgan fingerprint density at radius 1 is 1.33 bits per heavy atom. The van der Waals surface area contributed by atoms with E-state index in [0.29, 0.717) is 5.56 Å². The quantitative estimate of drug-likeness (QED) is 0.388. The van der Waals surface area contributed by atoms with E-state index in [1.54, 1.807) is 30.1 Å². The standard InChI is InChI=1S/C16H23N3O2/c1-11-6-8-12(9-7-11)16(20)19(2)14-5-3-4-13(10-14)15(17)18-21/h3-5,10-12,21H,6-9H2,1-2H3,(H2,17,18). The highest BCUT2D eigenvalue weighted by molar-refractivity contribution is 6.00. The third-order valence-corrected chi connectivity index (χ3v) is 4.33. The van der Waals surface area contributed by atoms with Gasteiger partial charge >= 0.3 is 0 Å². The second kappa shape index (κ2) is 6.61. The number of nitrogens with two attached hydrogens (primary N) is 1. The summed E-state index contributed by atoms with van der Waals surface area (Å²) in [7, 11) is 1.78. The molecule has 0 saturated heterocycles. The molecule has 5 heteroatoms. The number of amides is 1. The number of hydrogen-bond donors (Lipinski definition) is 2. The Morgan fingerprint density at radius 3 is 2.62 bits per heavy atom. The van der Waals surface area contributed by atoms with Crippen LogP contribution in [-0.2, 0) is 4.79 Å². The second-order valence-electron chi connectivity index (χ2n) is 5.89. The van der Waals surface area contributed by atoms with Crippen LogP contribution in [0.3, 0.4) is 0 Å². The molecule has 1 aliphatic rings. The highest BCUT2D eigenvalue weighted by atomic mass is 16.4. The number of nitrogens with zero attached hydrogens (tertiary/aromatic N) is 2. The van der Waals surface area contributed by atoms with Crippen molar-refractivity contribution in [2.24, 2.45) is 22.7 Å². The smallest absolute Gasteiger partial charge is 0.229 e. The van der Waals surface area contributed by atoms with Gasteiger partial charge in [0, 0.05) is 24.2 Å². The van der Waals surface area contributed by atoms with Crippen molar-refractivity contribution >= 4 is 17.4 Å². The fourth-order valence-corrected chi connectivity index (χ4v) is 2.84. The molecule has 114 valence electrons. The number of hydrogen-bond acceptors (Lipinski definition) is 3. The molecule has 0 spiro atoms. The monoisotopic (exact) mass is 289 g/mol. The lowest BCUT2D eigenvalue weighted by Gasteiger charge is -2.29. The molecule has 1 saturated carbocycles. The molecule has 0 aromatic heterocycles. The summed E-state index contributed by atoms with van der Waals surface area (Å²) in [4.78, 5) is 14.2. The number of benzene rings is 1. The Balaban J connectivity index is 2.12. The summed E-state index contributed by atoms with van der Waals surface area (Å²) < 4.78 is 0. The SMILES string of the molecule is CC1CCC(C(=O)N(C)c2cccc(/C(N)=N/O)c2)CC1. The lowest BCUT2D eigenvalue weighted by atomic mass is 9.82. The van der Waals surface area contributed by atoms with E-state index in [0.717, 1.165) is 37.3 Å². The molecule has 0 bridgehead atoms. The lowest BCUT2D eigenvalue weighted by molar-refractivity contribution is -0.123. The van der Waals surface area contributed by atoms with Gasteiger partial charge in [-0.2, -0.15) is 0 Å². The zero-order valence-electron chi connectivity index (χ0n) is 12.6. The molecular formula is C16H23N3O2. The molecule has 0 aliphatic heterocycles. The first-order chi connectivity index (χ1) is 10.0. The van der Waals surface area contributed by atoms with Crippen molar-refractivity contribution in [3.05, 3.63) is 29.8 Å². The van der Waals surface area contributed by atoms with Crippen molar-refractivity contribution in [3.63, 3.8) is 0 Å². The summed E-state index contributed by atoms with van der Waals surface area (Å²) in [5.74, 6) is 1.03. The first kappa shape index (κ1) is 15.4.